The van der Waals surface area contributed by atoms with Crippen LogP contribution < -0.4 is 11.1 Å². The second-order valence-corrected chi connectivity index (χ2v) is 12.5. The third-order valence-corrected chi connectivity index (χ3v) is 9.41. The number of nitrogens with zero attached hydrogens (tertiary/aromatic N) is 2. The molecular weight excluding hydrogens is 488 g/mol. The molecule has 3 heterocycles. The summed E-state index contributed by atoms with van der Waals surface area (Å²) in [5.74, 6) is -0.990. The normalized spacial score (nSPS) is 21.6. The van der Waals surface area contributed by atoms with Crippen LogP contribution in [-0.2, 0) is 27.7 Å². The van der Waals surface area contributed by atoms with Crippen LogP contribution in [-0.4, -0.2) is 67.3 Å². The molecule has 0 spiro atoms. The largest absolute Gasteiger partial charge is 0.373 e. The number of ether oxygens (including phenoxy) is 1. The summed E-state index contributed by atoms with van der Waals surface area (Å²) in [5.41, 5.74) is 7.24. The minimum absolute atomic E-state index is 0.119. The van der Waals surface area contributed by atoms with Gasteiger partial charge in [-0.25, -0.2) is 8.42 Å². The van der Waals surface area contributed by atoms with E-state index in [1.165, 1.54) is 39.9 Å². The molecule has 2 aliphatic rings. The molecule has 0 radical (unpaired) electrons. The summed E-state index contributed by atoms with van der Waals surface area (Å²) < 4.78 is 33.2. The molecule has 2 unspecified atom stereocenters. The summed E-state index contributed by atoms with van der Waals surface area (Å²) in [6, 6.07) is 6.20. The van der Waals surface area contributed by atoms with E-state index in [0.717, 1.165) is 17.0 Å². The molecule has 1 aromatic heterocycles. The second-order valence-electron chi connectivity index (χ2n) is 9.44. The maximum Gasteiger partial charge on any atom is 0.256 e. The Morgan fingerprint density at radius 2 is 1.77 bits per heavy atom. The van der Waals surface area contributed by atoms with E-state index in [4.69, 9.17) is 10.5 Å². The first-order valence-electron chi connectivity index (χ1n) is 11.7. The third-order valence-electron chi connectivity index (χ3n) is 6.43. The van der Waals surface area contributed by atoms with Gasteiger partial charge in [0.05, 0.1) is 22.7 Å². The van der Waals surface area contributed by atoms with Gasteiger partial charge in [0.15, 0.2) is 0 Å². The van der Waals surface area contributed by atoms with Crippen LogP contribution in [0, 0.1) is 0 Å². The van der Waals surface area contributed by atoms with Gasteiger partial charge in [0, 0.05) is 42.7 Å². The molecule has 1 saturated heterocycles. The van der Waals surface area contributed by atoms with Crippen molar-refractivity contribution in [2.75, 3.05) is 25.0 Å². The van der Waals surface area contributed by atoms with Gasteiger partial charge < -0.3 is 15.8 Å². The number of thiophene rings is 1. The standard InChI is InChI=1S/C24H32N4O5S2/c1-14(2)27-10-9-19-20(13-27)34-24(21(19)22(25)29)26-23(30)17-5-7-18(8-6-17)35(31,32)28-11-15(3)33-16(4)12-28/h5-8,14-16H,9-13H2,1-4H3,(H2,25,29)(H,26,30). The number of anilines is 1. The van der Waals surface area contributed by atoms with Crippen molar-refractivity contribution < 1.29 is 22.7 Å². The number of sulfonamides is 1. The molecule has 4 rings (SSSR count). The number of benzene rings is 1. The zero-order valence-electron chi connectivity index (χ0n) is 20.4. The maximum atomic E-state index is 13.1. The van der Waals surface area contributed by atoms with E-state index in [9.17, 15) is 18.0 Å². The molecule has 0 aliphatic carbocycles. The third kappa shape index (κ3) is 5.29. The van der Waals surface area contributed by atoms with E-state index in [0.29, 0.717) is 35.1 Å². The van der Waals surface area contributed by atoms with Gasteiger partial charge >= 0.3 is 0 Å². The number of fused-ring (bicyclic) bond motifs is 1. The van der Waals surface area contributed by atoms with Crippen LogP contribution in [0.3, 0.4) is 0 Å². The molecule has 11 heteroatoms. The lowest BCUT2D eigenvalue weighted by Crippen LogP contribution is -2.48. The summed E-state index contributed by atoms with van der Waals surface area (Å²) in [5, 5.41) is 3.26. The van der Waals surface area contributed by atoms with Gasteiger partial charge in [0.2, 0.25) is 10.0 Å². The van der Waals surface area contributed by atoms with E-state index in [-0.39, 0.29) is 30.2 Å². The first kappa shape index (κ1) is 25.8. The van der Waals surface area contributed by atoms with Crippen molar-refractivity contribution >= 4 is 38.2 Å². The number of hydrogen-bond donors (Lipinski definition) is 2. The van der Waals surface area contributed by atoms with Crippen LogP contribution in [0.5, 0.6) is 0 Å². The highest BCUT2D eigenvalue weighted by Gasteiger charge is 2.32. The Labute approximate surface area is 210 Å². The van der Waals surface area contributed by atoms with Crippen LogP contribution in [0.2, 0.25) is 0 Å². The van der Waals surface area contributed by atoms with Crippen molar-refractivity contribution in [3.8, 4) is 0 Å². The SMILES string of the molecule is CC1CN(S(=O)(=O)c2ccc(C(=O)Nc3sc4c(c3C(N)=O)CCN(C(C)C)C4)cc2)CC(C)O1. The Morgan fingerprint density at radius 1 is 1.14 bits per heavy atom. The number of nitrogens with one attached hydrogen (secondary N) is 1. The number of nitrogens with two attached hydrogens (primary N) is 1. The average molecular weight is 521 g/mol. The van der Waals surface area contributed by atoms with Crippen LogP contribution in [0.25, 0.3) is 0 Å². The number of primary amides is 1. The average Bonchev–Trinajstić information content (AvgIpc) is 3.15. The second kappa shape index (κ2) is 9.98. The zero-order chi connectivity index (χ0) is 25.5. The van der Waals surface area contributed by atoms with Crippen LogP contribution >= 0.6 is 11.3 Å². The Balaban J connectivity index is 1.53. The Kier molecular flexibility index (Phi) is 7.35. The molecule has 190 valence electrons. The Morgan fingerprint density at radius 3 is 2.34 bits per heavy atom. The minimum Gasteiger partial charge on any atom is -0.373 e. The van der Waals surface area contributed by atoms with Gasteiger partial charge in [0.1, 0.15) is 5.00 Å². The monoisotopic (exact) mass is 520 g/mol. The van der Waals surface area contributed by atoms with Crippen LogP contribution in [0.15, 0.2) is 29.2 Å². The predicted octanol–water partition coefficient (Wildman–Crippen LogP) is 2.66. The molecule has 2 aliphatic heterocycles. The highest BCUT2D eigenvalue weighted by Crippen LogP contribution is 2.37. The zero-order valence-corrected chi connectivity index (χ0v) is 22.0. The van der Waals surface area contributed by atoms with Crippen LogP contribution in [0.1, 0.15) is 58.9 Å². The highest BCUT2D eigenvalue weighted by atomic mass is 32.2. The topological polar surface area (TPSA) is 122 Å². The van der Waals surface area contributed by atoms with Crippen molar-refractivity contribution in [1.29, 1.82) is 0 Å². The fraction of sp³-hybridized carbons (Fsp3) is 0.500. The van der Waals surface area contributed by atoms with Crippen molar-refractivity contribution in [3.63, 3.8) is 0 Å². The molecule has 3 N–H and O–H groups in total. The molecule has 0 saturated carbocycles. The molecule has 35 heavy (non-hydrogen) atoms. The number of morpholine rings is 1. The first-order valence-corrected chi connectivity index (χ1v) is 14.0. The molecular formula is C24H32N4O5S2. The number of rotatable bonds is 6. The van der Waals surface area contributed by atoms with Gasteiger partial charge in [-0.3, -0.25) is 14.5 Å². The summed E-state index contributed by atoms with van der Waals surface area (Å²) in [6.07, 6.45) is 0.313. The maximum absolute atomic E-state index is 13.1. The van der Waals surface area contributed by atoms with Gasteiger partial charge in [-0.2, -0.15) is 4.31 Å². The summed E-state index contributed by atoms with van der Waals surface area (Å²) in [6.45, 7) is 10.0. The van der Waals surface area contributed by atoms with Gasteiger partial charge in [-0.1, -0.05) is 0 Å². The first-order chi connectivity index (χ1) is 16.5. The lowest BCUT2D eigenvalue weighted by Gasteiger charge is -2.34. The highest BCUT2D eigenvalue weighted by molar-refractivity contribution is 7.89. The minimum atomic E-state index is -3.70. The predicted molar refractivity (Wildman–Crippen MR) is 135 cm³/mol. The molecule has 2 amide bonds. The fourth-order valence-electron chi connectivity index (χ4n) is 4.64. The molecule has 2 aromatic rings. The van der Waals surface area contributed by atoms with E-state index >= 15 is 0 Å². The Hall–Kier alpha value is -2.31. The summed E-state index contributed by atoms with van der Waals surface area (Å²) >= 11 is 1.37. The molecule has 0 bridgehead atoms. The van der Waals surface area contributed by atoms with Gasteiger partial charge in [0.25, 0.3) is 11.8 Å². The van der Waals surface area contributed by atoms with Gasteiger partial charge in [-0.15, -0.1) is 11.3 Å². The number of carbonyl (C=O) groups is 2. The number of amides is 2. The number of hydrogen-bond acceptors (Lipinski definition) is 7. The smallest absolute Gasteiger partial charge is 0.256 e. The number of carbonyl (C=O) groups excluding carboxylic acids is 2. The van der Waals surface area contributed by atoms with Crippen molar-refractivity contribution in [2.24, 2.45) is 5.73 Å². The molecule has 9 nitrogen and oxygen atoms in total. The fourth-order valence-corrected chi connectivity index (χ4v) is 7.51. The molecule has 1 aromatic carbocycles. The molecule has 1 fully saturated rings. The quantitative estimate of drug-likeness (QED) is 0.604. The van der Waals surface area contributed by atoms with Crippen molar-refractivity contribution in [3.05, 3.63) is 45.8 Å². The lowest BCUT2D eigenvalue weighted by molar-refractivity contribution is -0.0440. The van der Waals surface area contributed by atoms with E-state index in [2.05, 4.69) is 24.1 Å². The van der Waals surface area contributed by atoms with Crippen molar-refractivity contribution in [1.82, 2.24) is 9.21 Å². The summed E-state index contributed by atoms with van der Waals surface area (Å²) in [4.78, 5) is 28.7. The lowest BCUT2D eigenvalue weighted by atomic mass is 10.0. The molecule has 2 atom stereocenters. The van der Waals surface area contributed by atoms with Crippen molar-refractivity contribution in [2.45, 2.75) is 63.8 Å². The summed E-state index contributed by atoms with van der Waals surface area (Å²) in [7, 11) is -3.70. The van der Waals surface area contributed by atoms with E-state index in [1.54, 1.807) is 0 Å². The van der Waals surface area contributed by atoms with E-state index in [1.807, 2.05) is 13.8 Å². The Bertz CT molecular complexity index is 1210. The van der Waals surface area contributed by atoms with Gasteiger partial charge in [-0.05, 0) is 63.9 Å². The van der Waals surface area contributed by atoms with E-state index < -0.39 is 21.8 Å². The van der Waals surface area contributed by atoms with Crippen LogP contribution in [0.4, 0.5) is 5.00 Å².